The van der Waals surface area contributed by atoms with Crippen molar-refractivity contribution in [1.29, 1.82) is 0 Å². The quantitative estimate of drug-likeness (QED) is 0.722. The van der Waals surface area contributed by atoms with E-state index in [-0.39, 0.29) is 11.6 Å². The largest absolute Gasteiger partial charge is 0.328 e. The van der Waals surface area contributed by atoms with E-state index in [0.717, 1.165) is 35.2 Å². The van der Waals surface area contributed by atoms with E-state index in [4.69, 9.17) is 5.10 Å². The number of aromatic nitrogens is 3. The summed E-state index contributed by atoms with van der Waals surface area (Å²) < 4.78 is 15.2. The van der Waals surface area contributed by atoms with Gasteiger partial charge in [0.25, 0.3) is 0 Å². The number of carbonyl (C=O) groups excluding carboxylic acids is 1. The molecule has 6 heteroatoms. The highest BCUT2D eigenvalue weighted by Crippen LogP contribution is 2.40. The van der Waals surface area contributed by atoms with Crippen LogP contribution in [-0.2, 0) is 4.79 Å². The number of carbonyl (C=O) groups is 1. The predicted molar refractivity (Wildman–Crippen MR) is 104 cm³/mol. The summed E-state index contributed by atoms with van der Waals surface area (Å²) in [5.41, 5.74) is 4.52. The first-order valence-corrected chi connectivity index (χ1v) is 9.42. The van der Waals surface area contributed by atoms with Gasteiger partial charge < -0.3 is 5.32 Å². The number of hydrogen-bond acceptors (Lipinski definition) is 4. The third-order valence-corrected chi connectivity index (χ3v) is 5.36. The fourth-order valence-corrected chi connectivity index (χ4v) is 3.93. The highest BCUT2D eigenvalue weighted by atomic mass is 19.1. The molecular weight excluding hydrogens is 355 g/mol. The van der Waals surface area contributed by atoms with E-state index in [1.165, 1.54) is 12.1 Å². The molecule has 140 valence electrons. The van der Waals surface area contributed by atoms with Crippen LogP contribution in [0.25, 0.3) is 11.4 Å². The highest BCUT2D eigenvalue weighted by Gasteiger charge is 2.36. The van der Waals surface area contributed by atoms with Crippen LogP contribution in [0.4, 0.5) is 10.3 Å². The van der Waals surface area contributed by atoms with Crippen molar-refractivity contribution in [3.05, 3.63) is 76.7 Å². The number of allylic oxidation sites excluding steroid dienone is 2. The average molecular weight is 374 g/mol. The zero-order chi connectivity index (χ0) is 19.3. The lowest BCUT2D eigenvalue weighted by Crippen LogP contribution is -2.31. The number of rotatable bonds is 2. The molecular formula is C22H19FN4O. The lowest BCUT2D eigenvalue weighted by molar-refractivity contribution is -0.116. The lowest BCUT2D eigenvalue weighted by Gasteiger charge is -2.32. The lowest BCUT2D eigenvalue weighted by atomic mass is 9.85. The van der Waals surface area contributed by atoms with Gasteiger partial charge in [-0.25, -0.2) is 9.07 Å². The number of fused-ring (bicyclic) bond motifs is 1. The molecule has 1 aliphatic carbocycles. The molecule has 28 heavy (non-hydrogen) atoms. The van der Waals surface area contributed by atoms with Crippen LogP contribution in [0.5, 0.6) is 0 Å². The van der Waals surface area contributed by atoms with E-state index in [0.29, 0.717) is 23.8 Å². The van der Waals surface area contributed by atoms with Crippen molar-refractivity contribution in [1.82, 2.24) is 14.8 Å². The molecule has 0 spiro atoms. The third-order valence-electron chi connectivity index (χ3n) is 5.36. The Kier molecular flexibility index (Phi) is 3.86. The SMILES string of the molecule is Cc1ccc(-c2nc3n(n2)C(c2ccc(F)cc2)C2=C(CCCC2=O)N3)cc1. The topological polar surface area (TPSA) is 59.8 Å². The van der Waals surface area contributed by atoms with Gasteiger partial charge in [0.15, 0.2) is 11.6 Å². The Morgan fingerprint density at radius 2 is 1.82 bits per heavy atom. The summed E-state index contributed by atoms with van der Waals surface area (Å²) in [6, 6.07) is 13.9. The molecule has 5 rings (SSSR count). The van der Waals surface area contributed by atoms with Gasteiger partial charge in [-0.1, -0.05) is 42.0 Å². The van der Waals surface area contributed by atoms with Gasteiger partial charge in [0.05, 0.1) is 0 Å². The van der Waals surface area contributed by atoms with Crippen LogP contribution in [0, 0.1) is 12.7 Å². The van der Waals surface area contributed by atoms with Crippen LogP contribution in [0.15, 0.2) is 59.8 Å². The molecule has 2 heterocycles. The van der Waals surface area contributed by atoms with E-state index in [9.17, 15) is 9.18 Å². The Hall–Kier alpha value is -3.28. The van der Waals surface area contributed by atoms with Gasteiger partial charge >= 0.3 is 0 Å². The van der Waals surface area contributed by atoms with Gasteiger partial charge in [-0.15, -0.1) is 5.10 Å². The number of anilines is 1. The van der Waals surface area contributed by atoms with Crippen LogP contribution in [-0.4, -0.2) is 20.5 Å². The molecule has 1 aliphatic heterocycles. The molecule has 1 unspecified atom stereocenters. The standard InChI is InChI=1S/C22H19FN4O/c1-13-5-7-15(8-6-13)21-25-22-24-17-3-2-4-18(28)19(17)20(27(22)26-21)14-9-11-16(23)12-10-14/h5-12,20H,2-4H2,1H3,(H,24,25,26). The van der Waals surface area contributed by atoms with Crippen LogP contribution in [0.3, 0.4) is 0 Å². The molecule has 1 N–H and O–H groups in total. The van der Waals surface area contributed by atoms with Gasteiger partial charge in [-0.3, -0.25) is 4.79 Å². The molecule has 0 bridgehead atoms. The first kappa shape index (κ1) is 16.9. The monoisotopic (exact) mass is 374 g/mol. The second-order valence-corrected chi connectivity index (χ2v) is 7.32. The summed E-state index contributed by atoms with van der Waals surface area (Å²) in [6.45, 7) is 2.03. The van der Waals surface area contributed by atoms with E-state index in [2.05, 4.69) is 10.3 Å². The van der Waals surface area contributed by atoms with Gasteiger partial charge in [0.1, 0.15) is 11.9 Å². The molecule has 0 saturated carbocycles. The van der Waals surface area contributed by atoms with Crippen LogP contribution >= 0.6 is 0 Å². The number of aryl methyl sites for hydroxylation is 1. The maximum absolute atomic E-state index is 13.5. The fourth-order valence-electron chi connectivity index (χ4n) is 3.93. The van der Waals surface area contributed by atoms with Crippen LogP contribution in [0.1, 0.15) is 36.4 Å². The first-order valence-electron chi connectivity index (χ1n) is 9.42. The van der Waals surface area contributed by atoms with Gasteiger partial charge in [0.2, 0.25) is 5.95 Å². The number of nitrogens with zero attached hydrogens (tertiary/aromatic N) is 3. The summed E-state index contributed by atoms with van der Waals surface area (Å²) >= 11 is 0. The third kappa shape index (κ3) is 2.72. The molecule has 3 aromatic rings. The molecule has 2 aliphatic rings. The van der Waals surface area contributed by atoms with Gasteiger partial charge in [-0.05, 0) is 37.5 Å². The maximum Gasteiger partial charge on any atom is 0.226 e. The van der Waals surface area contributed by atoms with Crippen molar-refractivity contribution in [2.75, 3.05) is 5.32 Å². The minimum absolute atomic E-state index is 0.112. The molecule has 1 atom stereocenters. The summed E-state index contributed by atoms with van der Waals surface area (Å²) in [4.78, 5) is 17.5. The summed E-state index contributed by atoms with van der Waals surface area (Å²) in [5, 5.41) is 8.04. The average Bonchev–Trinajstić information content (AvgIpc) is 3.11. The summed E-state index contributed by atoms with van der Waals surface area (Å²) in [7, 11) is 0. The summed E-state index contributed by atoms with van der Waals surface area (Å²) in [6.07, 6.45) is 2.14. The Morgan fingerprint density at radius 1 is 1.07 bits per heavy atom. The fraction of sp³-hybridized carbons (Fsp3) is 0.227. The molecule has 0 saturated heterocycles. The Labute approximate surface area is 161 Å². The first-order chi connectivity index (χ1) is 13.6. The van der Waals surface area contributed by atoms with Crippen molar-refractivity contribution < 1.29 is 9.18 Å². The normalized spacial score (nSPS) is 18.5. The number of benzene rings is 2. The molecule has 0 radical (unpaired) electrons. The number of Topliss-reactive ketones (excluding diaryl/α,β-unsaturated/α-hetero) is 1. The predicted octanol–water partition coefficient (Wildman–Crippen LogP) is 4.41. The smallest absolute Gasteiger partial charge is 0.226 e. The van der Waals surface area contributed by atoms with Crippen molar-refractivity contribution in [3.8, 4) is 11.4 Å². The minimum Gasteiger partial charge on any atom is -0.328 e. The van der Waals surface area contributed by atoms with Crippen molar-refractivity contribution in [2.45, 2.75) is 32.2 Å². The Morgan fingerprint density at radius 3 is 2.57 bits per heavy atom. The van der Waals surface area contributed by atoms with E-state index < -0.39 is 6.04 Å². The number of halogens is 1. The van der Waals surface area contributed by atoms with Gasteiger partial charge in [0, 0.05) is 23.3 Å². The Bertz CT molecular complexity index is 1100. The van der Waals surface area contributed by atoms with Gasteiger partial charge in [-0.2, -0.15) is 4.98 Å². The molecule has 0 fully saturated rings. The zero-order valence-corrected chi connectivity index (χ0v) is 15.4. The molecule has 5 nitrogen and oxygen atoms in total. The molecule has 2 aromatic carbocycles. The number of hydrogen-bond donors (Lipinski definition) is 1. The maximum atomic E-state index is 13.5. The van der Waals surface area contributed by atoms with E-state index in [1.807, 2.05) is 31.2 Å². The molecule has 1 aromatic heterocycles. The number of nitrogens with one attached hydrogen (secondary N) is 1. The van der Waals surface area contributed by atoms with Crippen LogP contribution < -0.4 is 5.32 Å². The van der Waals surface area contributed by atoms with Crippen molar-refractivity contribution in [3.63, 3.8) is 0 Å². The second-order valence-electron chi connectivity index (χ2n) is 7.32. The Balaban J connectivity index is 1.66. The minimum atomic E-state index is -0.397. The van der Waals surface area contributed by atoms with E-state index >= 15 is 0 Å². The summed E-state index contributed by atoms with van der Waals surface area (Å²) in [5.74, 6) is 1.02. The van der Waals surface area contributed by atoms with Crippen molar-refractivity contribution in [2.24, 2.45) is 0 Å². The zero-order valence-electron chi connectivity index (χ0n) is 15.4. The number of ketones is 1. The molecule has 0 amide bonds. The van der Waals surface area contributed by atoms with E-state index in [1.54, 1.807) is 16.8 Å². The van der Waals surface area contributed by atoms with Crippen LogP contribution in [0.2, 0.25) is 0 Å². The highest BCUT2D eigenvalue weighted by molar-refractivity contribution is 5.99. The second kappa shape index (κ2) is 6.41. The van der Waals surface area contributed by atoms with Crippen molar-refractivity contribution >= 4 is 11.7 Å².